The van der Waals surface area contributed by atoms with Crippen molar-refractivity contribution < 1.29 is 9.18 Å². The van der Waals surface area contributed by atoms with Crippen molar-refractivity contribution in [2.24, 2.45) is 0 Å². The lowest BCUT2D eigenvalue weighted by molar-refractivity contribution is -0.118. The molecule has 0 spiro atoms. The summed E-state index contributed by atoms with van der Waals surface area (Å²) >= 11 is 1.22. The smallest absolute Gasteiger partial charge is 0.230 e. The van der Waals surface area contributed by atoms with E-state index in [1.807, 2.05) is 0 Å². The highest BCUT2D eigenvalue weighted by atomic mass is 32.2. The van der Waals surface area contributed by atoms with Crippen molar-refractivity contribution in [3.05, 3.63) is 30.1 Å². The zero-order chi connectivity index (χ0) is 14.8. The first kappa shape index (κ1) is 13.9. The second kappa shape index (κ2) is 5.72. The fraction of sp³-hybridized carbons (Fsp3) is 0.308. The first-order valence-electron chi connectivity index (χ1n) is 6.52. The summed E-state index contributed by atoms with van der Waals surface area (Å²) in [5, 5.41) is 11.3. The van der Waals surface area contributed by atoms with Gasteiger partial charge in [-0.25, -0.2) is 9.07 Å². The number of nitrogens with two attached hydrogens (primary N) is 1. The van der Waals surface area contributed by atoms with Crippen LogP contribution in [0.1, 0.15) is 12.8 Å². The van der Waals surface area contributed by atoms with E-state index in [0.29, 0.717) is 22.6 Å². The molecule has 0 aliphatic heterocycles. The largest absolute Gasteiger partial charge is 0.353 e. The van der Waals surface area contributed by atoms with E-state index < -0.39 is 0 Å². The van der Waals surface area contributed by atoms with Gasteiger partial charge in [-0.3, -0.25) is 4.79 Å². The van der Waals surface area contributed by atoms with E-state index in [2.05, 4.69) is 15.5 Å². The molecule has 1 aliphatic carbocycles. The summed E-state index contributed by atoms with van der Waals surface area (Å²) in [5.74, 6) is 6.24. The van der Waals surface area contributed by atoms with Gasteiger partial charge in [0.15, 0.2) is 5.82 Å². The van der Waals surface area contributed by atoms with Crippen LogP contribution in [0.3, 0.4) is 0 Å². The third-order valence-electron chi connectivity index (χ3n) is 3.04. The summed E-state index contributed by atoms with van der Waals surface area (Å²) in [6.07, 6.45) is 2.11. The van der Waals surface area contributed by atoms with Crippen molar-refractivity contribution in [3.8, 4) is 11.4 Å². The van der Waals surface area contributed by atoms with Gasteiger partial charge in [-0.1, -0.05) is 11.8 Å². The van der Waals surface area contributed by atoms with Crippen molar-refractivity contribution in [2.45, 2.75) is 24.0 Å². The van der Waals surface area contributed by atoms with Crippen molar-refractivity contribution in [3.63, 3.8) is 0 Å². The van der Waals surface area contributed by atoms with Gasteiger partial charge in [0.05, 0.1) is 5.75 Å². The molecule has 1 aliphatic rings. The van der Waals surface area contributed by atoms with Crippen LogP contribution in [-0.2, 0) is 4.79 Å². The average Bonchev–Trinajstić information content (AvgIpc) is 3.20. The van der Waals surface area contributed by atoms with E-state index in [1.165, 1.54) is 28.6 Å². The second-order valence-electron chi connectivity index (χ2n) is 4.81. The van der Waals surface area contributed by atoms with Crippen LogP contribution in [0, 0.1) is 5.82 Å². The molecule has 1 saturated carbocycles. The lowest BCUT2D eigenvalue weighted by Crippen LogP contribution is -2.27. The van der Waals surface area contributed by atoms with Crippen LogP contribution in [0.4, 0.5) is 4.39 Å². The number of aromatic nitrogens is 3. The molecule has 3 N–H and O–H groups in total. The molecule has 1 aromatic carbocycles. The van der Waals surface area contributed by atoms with Gasteiger partial charge < -0.3 is 11.2 Å². The molecule has 0 bridgehead atoms. The van der Waals surface area contributed by atoms with E-state index in [-0.39, 0.29) is 17.5 Å². The zero-order valence-electron chi connectivity index (χ0n) is 11.1. The minimum atomic E-state index is -0.326. The predicted octanol–water partition coefficient (Wildman–Crippen LogP) is 1.17. The van der Waals surface area contributed by atoms with E-state index in [9.17, 15) is 9.18 Å². The molecule has 1 heterocycles. The molecule has 1 aromatic heterocycles. The van der Waals surface area contributed by atoms with Crippen LogP contribution >= 0.6 is 11.8 Å². The number of amides is 1. The predicted molar refractivity (Wildman–Crippen MR) is 77.5 cm³/mol. The molecule has 2 aromatic rings. The Kier molecular flexibility index (Phi) is 3.78. The lowest BCUT2D eigenvalue weighted by atomic mass is 10.2. The van der Waals surface area contributed by atoms with E-state index >= 15 is 0 Å². The number of carbonyl (C=O) groups excluding carboxylic acids is 1. The number of thioether (sulfide) groups is 1. The summed E-state index contributed by atoms with van der Waals surface area (Å²) in [5.41, 5.74) is 0.667. The number of nitrogen functional groups attached to an aromatic ring is 1. The summed E-state index contributed by atoms with van der Waals surface area (Å²) in [6, 6.07) is 6.16. The third-order valence-corrected chi connectivity index (χ3v) is 3.98. The summed E-state index contributed by atoms with van der Waals surface area (Å²) in [4.78, 5) is 11.6. The number of halogens is 1. The Labute approximate surface area is 124 Å². The van der Waals surface area contributed by atoms with E-state index in [4.69, 9.17) is 5.84 Å². The Morgan fingerprint density at radius 2 is 2.10 bits per heavy atom. The van der Waals surface area contributed by atoms with Gasteiger partial charge in [0, 0.05) is 11.6 Å². The molecule has 1 amide bonds. The molecule has 6 nitrogen and oxygen atoms in total. The molecule has 8 heteroatoms. The van der Waals surface area contributed by atoms with E-state index in [0.717, 1.165) is 12.8 Å². The SMILES string of the molecule is Nn1c(SCC(=O)NC2CC2)nnc1-c1ccc(F)cc1. The van der Waals surface area contributed by atoms with Crippen molar-refractivity contribution in [1.82, 2.24) is 20.2 Å². The molecule has 0 atom stereocenters. The average molecular weight is 307 g/mol. The second-order valence-corrected chi connectivity index (χ2v) is 5.76. The molecule has 3 rings (SSSR count). The van der Waals surface area contributed by atoms with Crippen molar-refractivity contribution in [1.29, 1.82) is 0 Å². The Morgan fingerprint density at radius 1 is 1.38 bits per heavy atom. The molecular formula is C13H14FN5OS. The van der Waals surface area contributed by atoms with Crippen LogP contribution in [-0.4, -0.2) is 32.6 Å². The standard InChI is InChI=1S/C13H14FN5OS/c14-9-3-1-8(2-4-9)12-17-18-13(19(12)15)21-7-11(20)16-10-5-6-10/h1-4,10H,5-7,15H2,(H,16,20). The quantitative estimate of drug-likeness (QED) is 0.640. The maximum Gasteiger partial charge on any atom is 0.230 e. The molecule has 0 radical (unpaired) electrons. The number of hydrogen-bond donors (Lipinski definition) is 2. The summed E-state index contributed by atoms with van der Waals surface area (Å²) in [6.45, 7) is 0. The van der Waals surface area contributed by atoms with Crippen LogP contribution in [0.25, 0.3) is 11.4 Å². The lowest BCUT2D eigenvalue weighted by Gasteiger charge is -2.04. The van der Waals surface area contributed by atoms with Crippen LogP contribution < -0.4 is 11.2 Å². The number of benzene rings is 1. The van der Waals surface area contributed by atoms with Gasteiger partial charge in [0.2, 0.25) is 11.1 Å². The maximum atomic E-state index is 12.9. The zero-order valence-corrected chi connectivity index (χ0v) is 11.9. The minimum absolute atomic E-state index is 0.0335. The number of carbonyl (C=O) groups is 1. The number of rotatable bonds is 5. The summed E-state index contributed by atoms with van der Waals surface area (Å²) in [7, 11) is 0. The van der Waals surface area contributed by atoms with Crippen molar-refractivity contribution >= 4 is 17.7 Å². The van der Waals surface area contributed by atoms with Gasteiger partial charge >= 0.3 is 0 Å². The van der Waals surface area contributed by atoms with Crippen LogP contribution in [0.15, 0.2) is 29.4 Å². The fourth-order valence-corrected chi connectivity index (χ4v) is 2.47. The molecule has 1 fully saturated rings. The van der Waals surface area contributed by atoms with Crippen molar-refractivity contribution in [2.75, 3.05) is 11.6 Å². The van der Waals surface area contributed by atoms with Crippen LogP contribution in [0.2, 0.25) is 0 Å². The Balaban J connectivity index is 1.67. The molecule has 110 valence electrons. The Morgan fingerprint density at radius 3 is 2.76 bits per heavy atom. The first-order chi connectivity index (χ1) is 10.1. The topological polar surface area (TPSA) is 85.8 Å². The van der Waals surface area contributed by atoms with Gasteiger partial charge in [-0.15, -0.1) is 10.2 Å². The summed E-state index contributed by atoms with van der Waals surface area (Å²) < 4.78 is 14.2. The van der Waals surface area contributed by atoms with Gasteiger partial charge in [-0.05, 0) is 37.1 Å². The van der Waals surface area contributed by atoms with E-state index in [1.54, 1.807) is 12.1 Å². The highest BCUT2D eigenvalue weighted by Gasteiger charge is 2.23. The number of nitrogens with one attached hydrogen (secondary N) is 1. The van der Waals surface area contributed by atoms with Gasteiger partial charge in [0.25, 0.3) is 0 Å². The Bertz CT molecular complexity index is 653. The highest BCUT2D eigenvalue weighted by molar-refractivity contribution is 7.99. The maximum absolute atomic E-state index is 12.9. The van der Waals surface area contributed by atoms with Gasteiger partial charge in [0.1, 0.15) is 5.82 Å². The first-order valence-corrected chi connectivity index (χ1v) is 7.50. The van der Waals surface area contributed by atoms with Crippen LogP contribution in [0.5, 0.6) is 0 Å². The third kappa shape index (κ3) is 3.33. The molecule has 0 unspecified atom stereocenters. The monoisotopic (exact) mass is 307 g/mol. The number of nitrogens with zero attached hydrogens (tertiary/aromatic N) is 3. The molecule has 21 heavy (non-hydrogen) atoms. The molecule has 0 saturated heterocycles. The normalized spacial score (nSPS) is 14.1. The van der Waals surface area contributed by atoms with Gasteiger partial charge in [-0.2, -0.15) is 0 Å². The fourth-order valence-electron chi connectivity index (χ4n) is 1.80. The highest BCUT2D eigenvalue weighted by Crippen LogP contribution is 2.22. The minimum Gasteiger partial charge on any atom is -0.353 e. The number of hydrogen-bond acceptors (Lipinski definition) is 5. The Hall–Kier alpha value is -2.09. The molecular weight excluding hydrogens is 293 g/mol.